The van der Waals surface area contributed by atoms with E-state index in [0.29, 0.717) is 25.3 Å². The molecule has 2 bridgehead atoms. The number of ether oxygens (including phenoxy) is 2. The van der Waals surface area contributed by atoms with Crippen molar-refractivity contribution in [3.05, 3.63) is 59.7 Å². The van der Waals surface area contributed by atoms with E-state index in [-0.39, 0.29) is 5.91 Å². The molecule has 0 aromatic heterocycles. The van der Waals surface area contributed by atoms with Crippen LogP contribution in [-0.4, -0.2) is 67.2 Å². The fraction of sp³-hybridized carbons (Fsp3) is 0.458. The van der Waals surface area contributed by atoms with Crippen LogP contribution in [0.3, 0.4) is 0 Å². The third-order valence-electron chi connectivity index (χ3n) is 6.39. The van der Waals surface area contributed by atoms with Crippen LogP contribution < -0.4 is 14.8 Å². The summed E-state index contributed by atoms with van der Waals surface area (Å²) in [6, 6.07) is 16.4. The number of amides is 1. The number of carbonyl (C=O) groups is 1. The van der Waals surface area contributed by atoms with Crippen molar-refractivity contribution in [2.24, 2.45) is 0 Å². The molecular weight excluding hydrogens is 378 g/mol. The zero-order valence-electron chi connectivity index (χ0n) is 17.3. The van der Waals surface area contributed by atoms with Gasteiger partial charge in [-0.25, -0.2) is 0 Å². The maximum absolute atomic E-state index is 13.1. The molecule has 0 saturated carbocycles. The van der Waals surface area contributed by atoms with Gasteiger partial charge in [0.2, 0.25) is 0 Å². The molecule has 6 heteroatoms. The average Bonchev–Trinajstić information content (AvgIpc) is 3.04. The van der Waals surface area contributed by atoms with Gasteiger partial charge in [-0.1, -0.05) is 30.3 Å². The highest BCUT2D eigenvalue weighted by Gasteiger charge is 2.40. The molecule has 5 rings (SSSR count). The van der Waals surface area contributed by atoms with Crippen molar-refractivity contribution in [1.82, 2.24) is 15.1 Å². The Labute approximate surface area is 177 Å². The largest absolute Gasteiger partial charge is 0.490 e. The highest BCUT2D eigenvalue weighted by molar-refractivity contribution is 5.94. The van der Waals surface area contributed by atoms with E-state index < -0.39 is 0 Å². The lowest BCUT2D eigenvalue weighted by molar-refractivity contribution is 0.0495. The molecule has 2 saturated heterocycles. The van der Waals surface area contributed by atoms with E-state index in [1.54, 1.807) is 0 Å². The minimum Gasteiger partial charge on any atom is -0.490 e. The second-order valence-corrected chi connectivity index (χ2v) is 8.34. The number of piperazine rings is 1. The number of benzene rings is 2. The highest BCUT2D eigenvalue weighted by atomic mass is 16.5. The summed E-state index contributed by atoms with van der Waals surface area (Å²) >= 11 is 0. The van der Waals surface area contributed by atoms with Gasteiger partial charge in [0.15, 0.2) is 11.5 Å². The smallest absolute Gasteiger partial charge is 0.254 e. The van der Waals surface area contributed by atoms with Gasteiger partial charge in [-0.2, -0.15) is 0 Å². The molecule has 30 heavy (non-hydrogen) atoms. The maximum atomic E-state index is 13.1. The number of hydrogen-bond acceptors (Lipinski definition) is 5. The van der Waals surface area contributed by atoms with Gasteiger partial charge in [-0.05, 0) is 24.6 Å². The quantitative estimate of drug-likeness (QED) is 0.826. The second-order valence-electron chi connectivity index (χ2n) is 8.34. The van der Waals surface area contributed by atoms with Crippen LogP contribution >= 0.6 is 0 Å². The zero-order chi connectivity index (χ0) is 20.3. The molecule has 3 atom stereocenters. The molecule has 6 nitrogen and oxygen atoms in total. The monoisotopic (exact) mass is 407 g/mol. The molecule has 158 valence electrons. The summed E-state index contributed by atoms with van der Waals surface area (Å²) in [6.45, 7) is 5.78. The molecule has 0 aliphatic carbocycles. The Morgan fingerprint density at radius 1 is 1.03 bits per heavy atom. The Hall–Kier alpha value is -2.57. The first-order chi connectivity index (χ1) is 14.8. The number of fused-ring (bicyclic) bond motifs is 3. The first-order valence-electron chi connectivity index (χ1n) is 11.0. The fourth-order valence-corrected chi connectivity index (χ4v) is 4.80. The van der Waals surface area contributed by atoms with Gasteiger partial charge in [0.1, 0.15) is 0 Å². The number of nitrogens with zero attached hydrogens (tertiary/aromatic N) is 2. The third kappa shape index (κ3) is 3.89. The van der Waals surface area contributed by atoms with Crippen LogP contribution in [0.15, 0.2) is 48.5 Å². The Kier molecular flexibility index (Phi) is 5.60. The number of carbonyl (C=O) groups excluding carboxylic acids is 1. The summed E-state index contributed by atoms with van der Waals surface area (Å²) < 4.78 is 11.7. The van der Waals surface area contributed by atoms with Crippen LogP contribution in [0.2, 0.25) is 0 Å². The van der Waals surface area contributed by atoms with Crippen molar-refractivity contribution < 1.29 is 14.3 Å². The van der Waals surface area contributed by atoms with Gasteiger partial charge in [-0.15, -0.1) is 0 Å². The Balaban J connectivity index is 1.23. The summed E-state index contributed by atoms with van der Waals surface area (Å²) in [6.07, 6.45) is 1.97. The molecule has 0 radical (unpaired) electrons. The standard InChI is InChI=1S/C24H29N3O3/c28-24(18-6-2-1-3-7-18)27-17-21(26-11-10-20(27)16-26)15-25-14-19-8-4-9-22-23(19)30-13-5-12-29-22/h1-4,6-9,20-21,25H,5,10-17H2. The molecule has 2 aromatic carbocycles. The van der Waals surface area contributed by atoms with Gasteiger partial charge in [0.05, 0.1) is 13.2 Å². The van der Waals surface area contributed by atoms with Gasteiger partial charge < -0.3 is 19.7 Å². The second kappa shape index (κ2) is 8.66. The first-order valence-corrected chi connectivity index (χ1v) is 11.0. The number of rotatable bonds is 5. The van der Waals surface area contributed by atoms with Crippen molar-refractivity contribution in [2.45, 2.75) is 31.5 Å². The minimum absolute atomic E-state index is 0.158. The van der Waals surface area contributed by atoms with E-state index in [9.17, 15) is 4.79 Å². The fourth-order valence-electron chi connectivity index (χ4n) is 4.80. The molecule has 3 unspecified atom stereocenters. The number of nitrogens with one attached hydrogen (secondary N) is 1. The number of para-hydroxylation sites is 1. The lowest BCUT2D eigenvalue weighted by Crippen LogP contribution is -2.57. The normalized spacial score (nSPS) is 25.1. The van der Waals surface area contributed by atoms with Crippen LogP contribution in [0.5, 0.6) is 11.5 Å². The molecule has 2 fully saturated rings. The van der Waals surface area contributed by atoms with Crippen LogP contribution in [0.4, 0.5) is 0 Å². The summed E-state index contributed by atoms with van der Waals surface area (Å²) in [5.41, 5.74) is 1.91. The van der Waals surface area contributed by atoms with Gasteiger partial charge >= 0.3 is 0 Å². The van der Waals surface area contributed by atoms with Crippen molar-refractivity contribution in [3.63, 3.8) is 0 Å². The molecule has 1 N–H and O–H groups in total. The maximum Gasteiger partial charge on any atom is 0.254 e. The Bertz CT molecular complexity index is 889. The lowest BCUT2D eigenvalue weighted by atomic mass is 10.1. The van der Waals surface area contributed by atoms with Gasteiger partial charge in [0.25, 0.3) is 5.91 Å². The summed E-state index contributed by atoms with van der Waals surface area (Å²) in [7, 11) is 0. The van der Waals surface area contributed by atoms with Crippen LogP contribution in [-0.2, 0) is 6.54 Å². The van der Waals surface area contributed by atoms with E-state index in [2.05, 4.69) is 21.2 Å². The van der Waals surface area contributed by atoms with Crippen molar-refractivity contribution in [2.75, 3.05) is 39.4 Å². The SMILES string of the molecule is O=C(c1ccccc1)N1CC(CNCc2cccc3c2OCCCO3)N2CCC1C2. The lowest BCUT2D eigenvalue weighted by Gasteiger charge is -2.40. The van der Waals surface area contributed by atoms with Crippen molar-refractivity contribution in [1.29, 1.82) is 0 Å². The molecule has 3 aliphatic heterocycles. The van der Waals surface area contributed by atoms with E-state index >= 15 is 0 Å². The molecule has 0 spiro atoms. The highest BCUT2D eigenvalue weighted by Crippen LogP contribution is 2.33. The summed E-state index contributed by atoms with van der Waals surface area (Å²) in [4.78, 5) is 17.7. The van der Waals surface area contributed by atoms with E-state index in [1.807, 2.05) is 42.5 Å². The van der Waals surface area contributed by atoms with E-state index in [0.717, 1.165) is 68.2 Å². The molecule has 3 aliphatic rings. The molecule has 3 heterocycles. The topological polar surface area (TPSA) is 54.0 Å². The Morgan fingerprint density at radius 2 is 1.90 bits per heavy atom. The number of hydrogen-bond donors (Lipinski definition) is 1. The van der Waals surface area contributed by atoms with E-state index in [4.69, 9.17) is 9.47 Å². The molecular formula is C24H29N3O3. The first kappa shape index (κ1) is 19.4. The predicted octanol–water partition coefficient (Wildman–Crippen LogP) is 2.54. The van der Waals surface area contributed by atoms with E-state index in [1.165, 1.54) is 0 Å². The minimum atomic E-state index is 0.158. The van der Waals surface area contributed by atoms with Crippen LogP contribution in [0, 0.1) is 0 Å². The van der Waals surface area contributed by atoms with Gasteiger partial charge in [-0.3, -0.25) is 9.69 Å². The third-order valence-corrected chi connectivity index (χ3v) is 6.39. The van der Waals surface area contributed by atoms with Crippen molar-refractivity contribution in [3.8, 4) is 11.5 Å². The van der Waals surface area contributed by atoms with Crippen LogP contribution in [0.1, 0.15) is 28.8 Å². The van der Waals surface area contributed by atoms with Gasteiger partial charge in [0, 0.05) is 62.4 Å². The molecule has 2 aromatic rings. The van der Waals surface area contributed by atoms with Crippen molar-refractivity contribution >= 4 is 5.91 Å². The van der Waals surface area contributed by atoms with Crippen LogP contribution in [0.25, 0.3) is 0 Å². The molecule has 1 amide bonds. The summed E-state index contributed by atoms with van der Waals surface area (Å²) in [5, 5.41) is 3.61. The average molecular weight is 408 g/mol. The zero-order valence-corrected chi connectivity index (χ0v) is 17.3. The Morgan fingerprint density at radius 3 is 2.80 bits per heavy atom. The predicted molar refractivity (Wildman–Crippen MR) is 115 cm³/mol. The summed E-state index contributed by atoms with van der Waals surface area (Å²) in [5.74, 6) is 1.87.